The van der Waals surface area contributed by atoms with Crippen LogP contribution in [0.4, 0.5) is 0 Å². The first-order chi connectivity index (χ1) is 9.52. The Morgan fingerprint density at radius 2 is 2.00 bits per heavy atom. The number of thioether (sulfide) groups is 1. The van der Waals surface area contributed by atoms with Gasteiger partial charge in [-0.3, -0.25) is 4.79 Å². The van der Waals surface area contributed by atoms with Crippen LogP contribution in [0.1, 0.15) is 5.56 Å². The lowest BCUT2D eigenvalue weighted by atomic mass is 9.98. The van der Waals surface area contributed by atoms with Crippen LogP contribution in [0, 0.1) is 5.92 Å². The van der Waals surface area contributed by atoms with Crippen molar-refractivity contribution in [1.82, 2.24) is 0 Å². The lowest BCUT2D eigenvalue weighted by Crippen LogP contribution is -3.11. The number of rotatable bonds is 3. The average Bonchev–Trinajstić information content (AvgIpc) is 2.46. The number of esters is 1. The molecule has 0 saturated carbocycles. The van der Waals surface area contributed by atoms with Crippen molar-refractivity contribution in [3.05, 3.63) is 40.9 Å². The topological polar surface area (TPSA) is 30.7 Å². The molecule has 1 aromatic carbocycles. The number of nitrogens with one attached hydrogen (secondary N) is 1. The number of carbonyl (C=O) groups excluding carboxylic acids is 1. The number of quaternary nitrogens is 1. The van der Waals surface area contributed by atoms with Gasteiger partial charge in [0.15, 0.2) is 0 Å². The first-order valence-corrected chi connectivity index (χ1v) is 7.87. The molecule has 1 aliphatic rings. The predicted molar refractivity (Wildman–Crippen MR) is 84.0 cm³/mol. The normalized spacial score (nSPS) is 22.6. The van der Waals surface area contributed by atoms with Gasteiger partial charge < -0.3 is 9.64 Å². The predicted octanol–water partition coefficient (Wildman–Crippen LogP) is 1.73. The number of methoxy groups -OCH3 is 1. The zero-order chi connectivity index (χ0) is 14.7. The highest BCUT2D eigenvalue weighted by atomic mass is 35.5. The zero-order valence-electron chi connectivity index (χ0n) is 11.9. The molecule has 0 aliphatic carbocycles. The van der Waals surface area contributed by atoms with Crippen LogP contribution in [-0.2, 0) is 9.53 Å². The van der Waals surface area contributed by atoms with Gasteiger partial charge >= 0.3 is 5.97 Å². The van der Waals surface area contributed by atoms with Crippen LogP contribution in [0.2, 0.25) is 5.02 Å². The highest BCUT2D eigenvalue weighted by Gasteiger charge is 2.36. The van der Waals surface area contributed by atoms with E-state index in [2.05, 4.69) is 20.2 Å². The molecule has 108 valence electrons. The van der Waals surface area contributed by atoms with Crippen molar-refractivity contribution in [2.45, 2.75) is 6.04 Å². The van der Waals surface area contributed by atoms with Crippen LogP contribution in [0.25, 0.3) is 4.91 Å². The van der Waals surface area contributed by atoms with Gasteiger partial charge in [-0.2, -0.15) is 0 Å². The highest BCUT2D eigenvalue weighted by Crippen LogP contribution is 2.35. The van der Waals surface area contributed by atoms with Crippen LogP contribution in [0.5, 0.6) is 0 Å². The highest BCUT2D eigenvalue weighted by molar-refractivity contribution is 8.08. The molecule has 1 heterocycles. The van der Waals surface area contributed by atoms with Gasteiger partial charge in [0.25, 0.3) is 0 Å². The summed E-state index contributed by atoms with van der Waals surface area (Å²) < 4.78 is 4.91. The molecule has 5 heteroatoms. The minimum Gasteiger partial charge on any atom is -0.469 e. The van der Waals surface area contributed by atoms with E-state index in [0.717, 1.165) is 16.3 Å². The molecule has 0 saturated heterocycles. The zero-order valence-corrected chi connectivity index (χ0v) is 13.4. The summed E-state index contributed by atoms with van der Waals surface area (Å²) in [6.07, 6.45) is 2.17. The molecular weight excluding hydrogens is 294 g/mol. The van der Waals surface area contributed by atoms with Crippen molar-refractivity contribution in [2.24, 2.45) is 5.92 Å². The largest absolute Gasteiger partial charge is 0.469 e. The quantitative estimate of drug-likeness (QED) is 0.862. The van der Waals surface area contributed by atoms with Crippen LogP contribution in [-0.4, -0.2) is 39.0 Å². The van der Waals surface area contributed by atoms with Crippen LogP contribution in [0.3, 0.4) is 0 Å². The molecule has 0 unspecified atom stereocenters. The van der Waals surface area contributed by atoms with Gasteiger partial charge in [-0.15, -0.1) is 11.8 Å². The van der Waals surface area contributed by atoms with Crippen molar-refractivity contribution in [3.63, 3.8) is 0 Å². The third-order valence-corrected chi connectivity index (χ3v) is 4.94. The number of benzene rings is 1. The Balaban J connectivity index is 2.28. The van der Waals surface area contributed by atoms with E-state index in [4.69, 9.17) is 16.3 Å². The third-order valence-electron chi connectivity index (χ3n) is 3.48. The Morgan fingerprint density at radius 1 is 1.35 bits per heavy atom. The summed E-state index contributed by atoms with van der Waals surface area (Å²) in [4.78, 5) is 14.3. The molecule has 3 nitrogen and oxygen atoms in total. The fourth-order valence-electron chi connectivity index (χ4n) is 2.34. The number of ether oxygens (including phenoxy) is 1. The summed E-state index contributed by atoms with van der Waals surface area (Å²) in [6, 6.07) is 7.95. The molecule has 2 atom stereocenters. The molecule has 0 radical (unpaired) electrons. The fraction of sp³-hybridized carbons (Fsp3) is 0.400. The average molecular weight is 313 g/mol. The monoisotopic (exact) mass is 312 g/mol. The lowest BCUT2D eigenvalue weighted by Gasteiger charge is -2.30. The Bertz CT molecular complexity index is 513. The van der Waals surface area contributed by atoms with Gasteiger partial charge in [-0.1, -0.05) is 23.7 Å². The Labute approximate surface area is 128 Å². The Morgan fingerprint density at radius 3 is 2.55 bits per heavy atom. The summed E-state index contributed by atoms with van der Waals surface area (Å²) in [7, 11) is 5.58. The molecule has 20 heavy (non-hydrogen) atoms. The Kier molecular flexibility index (Phi) is 5.13. The maximum atomic E-state index is 11.9. The maximum Gasteiger partial charge on any atom is 0.315 e. The van der Waals surface area contributed by atoms with Crippen molar-refractivity contribution in [1.29, 1.82) is 0 Å². The van der Waals surface area contributed by atoms with Crippen molar-refractivity contribution >= 4 is 34.2 Å². The first-order valence-electron chi connectivity index (χ1n) is 6.51. The summed E-state index contributed by atoms with van der Waals surface area (Å²) in [5.41, 5.74) is 1.15. The van der Waals surface area contributed by atoms with Crippen LogP contribution >= 0.6 is 23.4 Å². The van der Waals surface area contributed by atoms with E-state index in [1.165, 1.54) is 16.9 Å². The van der Waals surface area contributed by atoms with E-state index in [1.807, 2.05) is 24.3 Å². The molecular formula is C15H19ClNO2S+. The van der Waals surface area contributed by atoms with E-state index in [1.54, 1.807) is 11.8 Å². The Hall–Kier alpha value is -0.970. The molecule has 1 aromatic rings. The summed E-state index contributed by atoms with van der Waals surface area (Å²) in [5, 5.41) is 0.734. The third kappa shape index (κ3) is 3.37. The second-order valence-corrected chi connectivity index (χ2v) is 6.58. The molecule has 2 rings (SSSR count). The number of likely N-dealkylation sites (N-methyl/N-ethyl adjacent to an activating group) is 1. The molecule has 0 amide bonds. The van der Waals surface area contributed by atoms with E-state index in [0.29, 0.717) is 0 Å². The SMILES string of the molecule is COC(=O)[C@@H]1CSC(c2ccc(Cl)cc2)=C[C@@H]1[NH+](C)C. The number of carbonyl (C=O) groups is 1. The molecule has 0 bridgehead atoms. The standard InChI is InChI=1S/C15H18ClNO2S/c1-17(2)13-8-14(10-4-6-11(16)7-5-10)20-9-12(13)15(18)19-3/h4-8,12-13H,9H2,1-3H3/p+1/t12-,13+/m1/s1. The van der Waals surface area contributed by atoms with Gasteiger partial charge in [0.1, 0.15) is 12.0 Å². The van der Waals surface area contributed by atoms with E-state index in [-0.39, 0.29) is 17.9 Å². The second-order valence-electron chi connectivity index (χ2n) is 5.08. The van der Waals surface area contributed by atoms with Crippen LogP contribution < -0.4 is 4.90 Å². The molecule has 0 spiro atoms. The fourth-order valence-corrected chi connectivity index (χ4v) is 3.71. The number of halogens is 1. The minimum atomic E-state index is -0.130. The molecule has 0 fully saturated rings. The molecule has 1 aliphatic heterocycles. The number of hydrogen-bond donors (Lipinski definition) is 1. The summed E-state index contributed by atoms with van der Waals surface area (Å²) >= 11 is 7.62. The van der Waals surface area contributed by atoms with Gasteiger partial charge in [0.2, 0.25) is 0 Å². The van der Waals surface area contributed by atoms with E-state index in [9.17, 15) is 4.79 Å². The maximum absolute atomic E-state index is 11.9. The van der Waals surface area contributed by atoms with Crippen molar-refractivity contribution in [3.8, 4) is 0 Å². The van der Waals surface area contributed by atoms with Gasteiger partial charge in [-0.25, -0.2) is 0 Å². The second kappa shape index (κ2) is 6.66. The van der Waals surface area contributed by atoms with Gasteiger partial charge in [0.05, 0.1) is 21.2 Å². The molecule has 1 N–H and O–H groups in total. The van der Waals surface area contributed by atoms with E-state index >= 15 is 0 Å². The van der Waals surface area contributed by atoms with Crippen LogP contribution in [0.15, 0.2) is 30.3 Å². The smallest absolute Gasteiger partial charge is 0.315 e. The van der Waals surface area contributed by atoms with E-state index < -0.39 is 0 Å². The van der Waals surface area contributed by atoms with Gasteiger partial charge in [-0.05, 0) is 23.8 Å². The number of hydrogen-bond acceptors (Lipinski definition) is 3. The van der Waals surface area contributed by atoms with Crippen molar-refractivity contribution in [2.75, 3.05) is 27.0 Å². The first kappa shape index (κ1) is 15.4. The minimum absolute atomic E-state index is 0.0916. The summed E-state index contributed by atoms with van der Waals surface area (Å²) in [6.45, 7) is 0. The summed E-state index contributed by atoms with van der Waals surface area (Å²) in [5.74, 6) is 0.526. The lowest BCUT2D eigenvalue weighted by molar-refractivity contribution is -0.881. The van der Waals surface area contributed by atoms with Gasteiger partial charge in [0, 0.05) is 15.7 Å². The molecule has 0 aromatic heterocycles. The van der Waals surface area contributed by atoms with Crippen molar-refractivity contribution < 1.29 is 14.4 Å².